The summed E-state index contributed by atoms with van der Waals surface area (Å²) in [6.07, 6.45) is 0. The topological polar surface area (TPSA) is 58.4 Å². The lowest BCUT2D eigenvalue weighted by atomic mass is 10.1. The fourth-order valence-electron chi connectivity index (χ4n) is 2.26. The molecule has 18 heavy (non-hydrogen) atoms. The van der Waals surface area contributed by atoms with E-state index in [2.05, 4.69) is 17.1 Å². The average Bonchev–Trinajstić information content (AvgIpc) is 2.28. The summed E-state index contributed by atoms with van der Waals surface area (Å²) in [5.74, 6) is 0. The van der Waals surface area contributed by atoms with Gasteiger partial charge in [0.2, 0.25) is 0 Å². The second-order valence-electron chi connectivity index (χ2n) is 4.62. The van der Waals surface area contributed by atoms with Crippen molar-refractivity contribution in [2.75, 3.05) is 19.6 Å². The van der Waals surface area contributed by atoms with Gasteiger partial charge in [-0.05, 0) is 19.1 Å². The number of hydrogen-bond donors (Lipinski definition) is 1. The largest absolute Gasteiger partial charge is 0.312 e. The molecule has 0 spiro atoms. The maximum atomic E-state index is 11.0. The number of piperazine rings is 1. The maximum absolute atomic E-state index is 11.0. The van der Waals surface area contributed by atoms with E-state index in [-0.39, 0.29) is 10.6 Å². The molecule has 1 saturated heterocycles. The highest BCUT2D eigenvalue weighted by Gasteiger charge is 2.20. The standard InChI is InChI=1S/C12H16ClN3O2/c1-9-7-15(5-4-14-9)8-10-6-11(13)2-3-12(10)16(17)18/h2-3,6,9,14H,4-5,7-8H2,1H3/t9-/m0/s1. The van der Waals surface area contributed by atoms with Gasteiger partial charge in [0.25, 0.3) is 5.69 Å². The van der Waals surface area contributed by atoms with Crippen molar-refractivity contribution < 1.29 is 4.92 Å². The highest BCUT2D eigenvalue weighted by Crippen LogP contribution is 2.24. The molecule has 1 aliphatic heterocycles. The highest BCUT2D eigenvalue weighted by molar-refractivity contribution is 6.30. The lowest BCUT2D eigenvalue weighted by molar-refractivity contribution is -0.385. The molecule has 0 saturated carbocycles. The zero-order valence-corrected chi connectivity index (χ0v) is 11.0. The molecule has 1 heterocycles. The van der Waals surface area contributed by atoms with Crippen LogP contribution in [0.1, 0.15) is 12.5 Å². The quantitative estimate of drug-likeness (QED) is 0.674. The summed E-state index contributed by atoms with van der Waals surface area (Å²) in [6.45, 7) is 5.38. The molecule has 0 aliphatic carbocycles. The number of nitro benzene ring substituents is 1. The van der Waals surface area contributed by atoms with E-state index in [0.717, 1.165) is 19.6 Å². The first-order valence-electron chi connectivity index (χ1n) is 5.95. The molecule has 1 N–H and O–H groups in total. The molecule has 0 aromatic heterocycles. The van der Waals surface area contributed by atoms with Gasteiger partial charge in [0.05, 0.1) is 4.92 Å². The van der Waals surface area contributed by atoms with Gasteiger partial charge in [-0.1, -0.05) is 11.6 Å². The van der Waals surface area contributed by atoms with Gasteiger partial charge in [-0.3, -0.25) is 15.0 Å². The highest BCUT2D eigenvalue weighted by atomic mass is 35.5. The van der Waals surface area contributed by atoms with E-state index >= 15 is 0 Å². The number of halogens is 1. The molecule has 1 aromatic carbocycles. The second kappa shape index (κ2) is 5.65. The van der Waals surface area contributed by atoms with Crippen LogP contribution in [0.2, 0.25) is 5.02 Å². The van der Waals surface area contributed by atoms with Crippen molar-refractivity contribution in [3.63, 3.8) is 0 Å². The predicted molar refractivity (Wildman–Crippen MR) is 70.8 cm³/mol. The Kier molecular flexibility index (Phi) is 4.16. The Labute approximate surface area is 111 Å². The van der Waals surface area contributed by atoms with E-state index in [4.69, 9.17) is 11.6 Å². The number of nitro groups is 1. The first-order valence-corrected chi connectivity index (χ1v) is 6.32. The van der Waals surface area contributed by atoms with Crippen LogP contribution < -0.4 is 5.32 Å². The molecular weight excluding hydrogens is 254 g/mol. The summed E-state index contributed by atoms with van der Waals surface area (Å²) in [5.41, 5.74) is 0.826. The fraction of sp³-hybridized carbons (Fsp3) is 0.500. The van der Waals surface area contributed by atoms with Crippen molar-refractivity contribution in [1.29, 1.82) is 0 Å². The van der Waals surface area contributed by atoms with Crippen LogP contribution in [0, 0.1) is 10.1 Å². The zero-order chi connectivity index (χ0) is 13.1. The van der Waals surface area contributed by atoms with Crippen molar-refractivity contribution in [2.24, 2.45) is 0 Å². The molecule has 1 aromatic rings. The van der Waals surface area contributed by atoms with Crippen LogP contribution >= 0.6 is 11.6 Å². The number of hydrogen-bond acceptors (Lipinski definition) is 4. The van der Waals surface area contributed by atoms with Gasteiger partial charge in [-0.15, -0.1) is 0 Å². The van der Waals surface area contributed by atoms with Crippen LogP contribution in [0.25, 0.3) is 0 Å². The first kappa shape index (κ1) is 13.3. The smallest absolute Gasteiger partial charge is 0.273 e. The van der Waals surface area contributed by atoms with E-state index in [1.807, 2.05) is 0 Å². The van der Waals surface area contributed by atoms with Crippen LogP contribution in [0.3, 0.4) is 0 Å². The molecule has 0 unspecified atom stereocenters. The third-order valence-corrected chi connectivity index (χ3v) is 3.32. The molecule has 6 heteroatoms. The first-order chi connectivity index (χ1) is 8.56. The summed E-state index contributed by atoms with van der Waals surface area (Å²) in [7, 11) is 0. The molecule has 2 rings (SSSR count). The predicted octanol–water partition coefficient (Wildman–Crippen LogP) is 2.04. The summed E-state index contributed by atoms with van der Waals surface area (Å²) in [4.78, 5) is 12.8. The van der Waals surface area contributed by atoms with Gasteiger partial charge in [0.15, 0.2) is 0 Å². The molecule has 0 radical (unpaired) electrons. The Bertz CT molecular complexity index is 453. The Morgan fingerprint density at radius 2 is 2.39 bits per heavy atom. The molecule has 1 aliphatic rings. The van der Waals surface area contributed by atoms with Crippen LogP contribution in [-0.4, -0.2) is 35.5 Å². The van der Waals surface area contributed by atoms with Crippen LogP contribution in [0.5, 0.6) is 0 Å². The van der Waals surface area contributed by atoms with E-state index in [1.54, 1.807) is 12.1 Å². The van der Waals surface area contributed by atoms with Crippen molar-refractivity contribution in [2.45, 2.75) is 19.5 Å². The Hall–Kier alpha value is -1.17. The lowest BCUT2D eigenvalue weighted by Gasteiger charge is -2.31. The third-order valence-electron chi connectivity index (χ3n) is 3.09. The zero-order valence-electron chi connectivity index (χ0n) is 10.2. The Morgan fingerprint density at radius 3 is 3.06 bits per heavy atom. The van der Waals surface area contributed by atoms with E-state index in [0.29, 0.717) is 23.2 Å². The summed E-state index contributed by atoms with van der Waals surface area (Å²) in [6, 6.07) is 5.14. The molecule has 1 fully saturated rings. The minimum atomic E-state index is -0.350. The number of benzene rings is 1. The van der Waals surface area contributed by atoms with Gasteiger partial charge >= 0.3 is 0 Å². The fourth-order valence-corrected chi connectivity index (χ4v) is 2.45. The van der Waals surface area contributed by atoms with Crippen molar-refractivity contribution in [3.8, 4) is 0 Å². The number of nitrogens with one attached hydrogen (secondary N) is 1. The molecule has 0 amide bonds. The van der Waals surface area contributed by atoms with Gasteiger partial charge in [-0.2, -0.15) is 0 Å². The van der Waals surface area contributed by atoms with Crippen molar-refractivity contribution in [3.05, 3.63) is 38.9 Å². The second-order valence-corrected chi connectivity index (χ2v) is 5.06. The van der Waals surface area contributed by atoms with Gasteiger partial charge < -0.3 is 5.32 Å². The van der Waals surface area contributed by atoms with E-state index in [1.165, 1.54) is 6.07 Å². The summed E-state index contributed by atoms with van der Waals surface area (Å²) >= 11 is 5.91. The van der Waals surface area contributed by atoms with E-state index < -0.39 is 0 Å². The Morgan fingerprint density at radius 1 is 1.61 bits per heavy atom. The number of nitrogens with zero attached hydrogens (tertiary/aromatic N) is 2. The minimum absolute atomic E-state index is 0.144. The van der Waals surface area contributed by atoms with Gasteiger partial charge in [0.1, 0.15) is 0 Å². The summed E-state index contributed by atoms with van der Waals surface area (Å²) < 4.78 is 0. The molecule has 5 nitrogen and oxygen atoms in total. The van der Waals surface area contributed by atoms with Crippen molar-refractivity contribution in [1.82, 2.24) is 10.2 Å². The number of rotatable bonds is 3. The van der Waals surface area contributed by atoms with Gasteiger partial charge in [0, 0.05) is 48.9 Å². The normalized spacial score (nSPS) is 20.9. The lowest BCUT2D eigenvalue weighted by Crippen LogP contribution is -2.48. The molecular formula is C12H16ClN3O2. The van der Waals surface area contributed by atoms with Gasteiger partial charge in [-0.25, -0.2) is 0 Å². The minimum Gasteiger partial charge on any atom is -0.312 e. The molecule has 0 bridgehead atoms. The molecule has 1 atom stereocenters. The maximum Gasteiger partial charge on any atom is 0.273 e. The van der Waals surface area contributed by atoms with Crippen molar-refractivity contribution >= 4 is 17.3 Å². The van der Waals surface area contributed by atoms with Crippen LogP contribution in [0.4, 0.5) is 5.69 Å². The average molecular weight is 270 g/mol. The Balaban J connectivity index is 2.16. The third kappa shape index (κ3) is 3.19. The summed E-state index contributed by atoms with van der Waals surface area (Å²) in [5, 5.41) is 14.9. The monoisotopic (exact) mass is 269 g/mol. The van der Waals surface area contributed by atoms with Crippen LogP contribution in [0.15, 0.2) is 18.2 Å². The van der Waals surface area contributed by atoms with Crippen LogP contribution in [-0.2, 0) is 6.54 Å². The SMILES string of the molecule is C[C@H]1CN(Cc2cc(Cl)ccc2[N+](=O)[O-])CCN1. The molecule has 98 valence electrons. The van der Waals surface area contributed by atoms with E-state index in [9.17, 15) is 10.1 Å².